The van der Waals surface area contributed by atoms with E-state index in [1.165, 1.54) is 25.1 Å². The highest BCUT2D eigenvalue weighted by molar-refractivity contribution is 7.98. The maximum absolute atomic E-state index is 6.20. The number of hydrogen-bond donors (Lipinski definition) is 0. The van der Waals surface area contributed by atoms with Gasteiger partial charge in [0.15, 0.2) is 10.9 Å². The van der Waals surface area contributed by atoms with E-state index in [0.29, 0.717) is 42.5 Å². The SMILES string of the molecule is COc1cnc(SCc2c(Cl)cccc2Cl)nc1Oc1ccc(Cl)c(Cl)c1. The summed E-state index contributed by atoms with van der Waals surface area (Å²) in [6, 6.07) is 10.3. The molecule has 0 N–H and O–H groups in total. The molecule has 0 fully saturated rings. The Bertz CT molecular complexity index is 952. The highest BCUT2D eigenvalue weighted by atomic mass is 35.5. The Morgan fingerprint density at radius 2 is 1.70 bits per heavy atom. The van der Waals surface area contributed by atoms with Crippen LogP contribution in [0.1, 0.15) is 5.56 Å². The van der Waals surface area contributed by atoms with Crippen LogP contribution in [0, 0.1) is 0 Å². The van der Waals surface area contributed by atoms with E-state index in [4.69, 9.17) is 55.9 Å². The van der Waals surface area contributed by atoms with E-state index in [-0.39, 0.29) is 5.88 Å². The lowest BCUT2D eigenvalue weighted by molar-refractivity contribution is 0.363. The normalized spacial score (nSPS) is 10.7. The van der Waals surface area contributed by atoms with Crippen LogP contribution in [0.2, 0.25) is 20.1 Å². The minimum Gasteiger partial charge on any atom is -0.490 e. The zero-order chi connectivity index (χ0) is 19.4. The second-order valence-corrected chi connectivity index (χ2v) is 7.76. The Kier molecular flexibility index (Phi) is 6.95. The number of hydrogen-bond acceptors (Lipinski definition) is 5. The van der Waals surface area contributed by atoms with Crippen LogP contribution < -0.4 is 9.47 Å². The zero-order valence-electron chi connectivity index (χ0n) is 13.9. The van der Waals surface area contributed by atoms with E-state index in [1.807, 2.05) is 0 Å². The molecule has 0 saturated carbocycles. The van der Waals surface area contributed by atoms with Crippen molar-refractivity contribution >= 4 is 58.2 Å². The minimum absolute atomic E-state index is 0.263. The molecule has 1 aromatic heterocycles. The van der Waals surface area contributed by atoms with Crippen LogP contribution in [-0.4, -0.2) is 17.1 Å². The molecule has 0 radical (unpaired) electrons. The van der Waals surface area contributed by atoms with Gasteiger partial charge in [0.25, 0.3) is 5.88 Å². The molecule has 0 saturated heterocycles. The number of rotatable bonds is 6. The average Bonchev–Trinajstić information content (AvgIpc) is 2.64. The molecule has 3 aromatic rings. The number of benzene rings is 2. The predicted molar refractivity (Wildman–Crippen MR) is 111 cm³/mol. The predicted octanol–water partition coefficient (Wildman–Crippen LogP) is 7.18. The van der Waals surface area contributed by atoms with Crippen molar-refractivity contribution in [3.8, 4) is 17.4 Å². The van der Waals surface area contributed by atoms with Gasteiger partial charge in [0.1, 0.15) is 5.75 Å². The van der Waals surface area contributed by atoms with Gasteiger partial charge in [-0.25, -0.2) is 4.98 Å². The van der Waals surface area contributed by atoms with Crippen LogP contribution in [0.25, 0.3) is 0 Å². The molecule has 0 unspecified atom stereocenters. The van der Waals surface area contributed by atoms with Crippen molar-refractivity contribution in [3.05, 3.63) is 68.2 Å². The lowest BCUT2D eigenvalue weighted by atomic mass is 10.2. The standard InChI is InChI=1S/C18H12Cl4N2O2S/c1-25-16-8-23-18(27-9-11-12(19)3-2-4-13(11)20)24-17(16)26-10-5-6-14(21)15(22)7-10/h2-8H,9H2,1H3. The molecule has 0 amide bonds. The van der Waals surface area contributed by atoms with Gasteiger partial charge in [0.2, 0.25) is 0 Å². The molecule has 0 aliphatic rings. The first kappa shape index (κ1) is 20.4. The van der Waals surface area contributed by atoms with Gasteiger partial charge in [-0.1, -0.05) is 64.2 Å². The molecule has 0 aliphatic carbocycles. The summed E-state index contributed by atoms with van der Waals surface area (Å²) in [4.78, 5) is 8.68. The molecule has 3 rings (SSSR count). The summed E-state index contributed by atoms with van der Waals surface area (Å²) in [6.07, 6.45) is 1.54. The number of ether oxygens (including phenoxy) is 2. The molecule has 4 nitrogen and oxygen atoms in total. The van der Waals surface area contributed by atoms with E-state index in [9.17, 15) is 0 Å². The number of aromatic nitrogens is 2. The van der Waals surface area contributed by atoms with E-state index < -0.39 is 0 Å². The first-order chi connectivity index (χ1) is 13.0. The summed E-state index contributed by atoms with van der Waals surface area (Å²) in [5, 5.41) is 2.49. The second kappa shape index (κ2) is 9.22. The third kappa shape index (κ3) is 5.12. The third-order valence-electron chi connectivity index (χ3n) is 3.43. The lowest BCUT2D eigenvalue weighted by Gasteiger charge is -2.11. The van der Waals surface area contributed by atoms with Gasteiger partial charge in [0, 0.05) is 21.9 Å². The monoisotopic (exact) mass is 460 g/mol. The molecule has 27 heavy (non-hydrogen) atoms. The van der Waals surface area contributed by atoms with Crippen LogP contribution in [0.15, 0.2) is 47.8 Å². The van der Waals surface area contributed by atoms with Gasteiger partial charge in [-0.2, -0.15) is 4.98 Å². The van der Waals surface area contributed by atoms with Crippen LogP contribution in [0.5, 0.6) is 17.4 Å². The maximum Gasteiger partial charge on any atom is 0.266 e. The highest BCUT2D eigenvalue weighted by Crippen LogP contribution is 2.35. The van der Waals surface area contributed by atoms with E-state index in [0.717, 1.165) is 5.56 Å². The van der Waals surface area contributed by atoms with Crippen LogP contribution in [0.4, 0.5) is 0 Å². The quantitative estimate of drug-likeness (QED) is 0.287. The average molecular weight is 462 g/mol. The lowest BCUT2D eigenvalue weighted by Crippen LogP contribution is -1.97. The zero-order valence-corrected chi connectivity index (χ0v) is 17.7. The Hall–Kier alpha value is -1.37. The topological polar surface area (TPSA) is 44.2 Å². The van der Waals surface area contributed by atoms with Crippen molar-refractivity contribution in [3.63, 3.8) is 0 Å². The summed E-state index contributed by atoms with van der Waals surface area (Å²) in [5.74, 6) is 1.64. The first-order valence-electron chi connectivity index (χ1n) is 7.57. The number of halogens is 4. The smallest absolute Gasteiger partial charge is 0.266 e. The number of thioether (sulfide) groups is 1. The van der Waals surface area contributed by atoms with Crippen molar-refractivity contribution in [1.29, 1.82) is 0 Å². The van der Waals surface area contributed by atoms with Crippen LogP contribution in [-0.2, 0) is 5.75 Å². The van der Waals surface area contributed by atoms with Crippen LogP contribution >= 0.6 is 58.2 Å². The van der Waals surface area contributed by atoms with Gasteiger partial charge in [0.05, 0.1) is 23.4 Å². The summed E-state index contributed by atoms with van der Waals surface area (Å²) in [6.45, 7) is 0. The van der Waals surface area contributed by atoms with Gasteiger partial charge >= 0.3 is 0 Å². The minimum atomic E-state index is 0.263. The van der Waals surface area contributed by atoms with Crippen molar-refractivity contribution in [2.45, 2.75) is 10.9 Å². The van der Waals surface area contributed by atoms with Gasteiger partial charge < -0.3 is 9.47 Å². The summed E-state index contributed by atoms with van der Waals surface area (Å²) in [5.41, 5.74) is 0.817. The van der Waals surface area contributed by atoms with Gasteiger partial charge in [-0.15, -0.1) is 0 Å². The molecular weight excluding hydrogens is 450 g/mol. The van der Waals surface area contributed by atoms with Crippen molar-refractivity contribution in [1.82, 2.24) is 9.97 Å². The second-order valence-electron chi connectivity index (χ2n) is 5.19. The Morgan fingerprint density at radius 3 is 2.37 bits per heavy atom. The van der Waals surface area contributed by atoms with E-state index in [1.54, 1.807) is 36.4 Å². The van der Waals surface area contributed by atoms with E-state index in [2.05, 4.69) is 9.97 Å². The molecular formula is C18H12Cl4N2O2S. The molecule has 0 spiro atoms. The Balaban J connectivity index is 1.81. The first-order valence-corrected chi connectivity index (χ1v) is 10.1. The third-order valence-corrected chi connectivity index (χ3v) is 5.77. The molecule has 9 heteroatoms. The van der Waals surface area contributed by atoms with E-state index >= 15 is 0 Å². The molecule has 140 valence electrons. The van der Waals surface area contributed by atoms with Crippen molar-refractivity contribution in [2.75, 3.05) is 7.11 Å². The van der Waals surface area contributed by atoms with Gasteiger partial charge in [-0.3, -0.25) is 0 Å². The summed E-state index contributed by atoms with van der Waals surface area (Å²) >= 11 is 25.7. The molecule has 0 bridgehead atoms. The van der Waals surface area contributed by atoms with Crippen LogP contribution in [0.3, 0.4) is 0 Å². The molecule has 0 aliphatic heterocycles. The summed E-state index contributed by atoms with van der Waals surface area (Å²) in [7, 11) is 1.51. The Labute approximate surface area is 180 Å². The highest BCUT2D eigenvalue weighted by Gasteiger charge is 2.13. The molecule has 0 atom stereocenters. The van der Waals surface area contributed by atoms with Crippen molar-refractivity contribution in [2.24, 2.45) is 0 Å². The Morgan fingerprint density at radius 1 is 0.963 bits per heavy atom. The summed E-state index contributed by atoms with van der Waals surface area (Å²) < 4.78 is 11.1. The fraction of sp³-hybridized carbons (Fsp3) is 0.111. The van der Waals surface area contributed by atoms with Gasteiger partial charge in [-0.05, 0) is 29.8 Å². The van der Waals surface area contributed by atoms with Crippen molar-refractivity contribution < 1.29 is 9.47 Å². The molecule has 2 aromatic carbocycles. The number of methoxy groups -OCH3 is 1. The molecule has 1 heterocycles. The largest absolute Gasteiger partial charge is 0.490 e. The fourth-order valence-corrected chi connectivity index (χ4v) is 3.92. The number of nitrogens with zero attached hydrogens (tertiary/aromatic N) is 2. The fourth-order valence-electron chi connectivity index (χ4n) is 2.08. The maximum atomic E-state index is 6.20.